The first-order chi connectivity index (χ1) is 7.97. The number of nitrogens with zero attached hydrogens (tertiary/aromatic N) is 4. The largest absolute Gasteiger partial charge is 0.427 e. The number of fused-ring (bicyclic) bond motifs is 1. The van der Waals surface area contributed by atoms with E-state index in [4.69, 9.17) is 11.1 Å². The number of nitrogen functional groups attached to an aromatic ring is 1. The van der Waals surface area contributed by atoms with Crippen molar-refractivity contribution < 1.29 is 5.21 Å². The number of anilines is 1. The van der Waals surface area contributed by atoms with Gasteiger partial charge in [0.25, 0.3) is 0 Å². The van der Waals surface area contributed by atoms with E-state index in [1.165, 1.54) is 6.20 Å². The van der Waals surface area contributed by atoms with Crippen LogP contribution in [0, 0.1) is 11.3 Å². The van der Waals surface area contributed by atoms with Crippen LogP contribution in [0.2, 0.25) is 0 Å². The van der Waals surface area contributed by atoms with E-state index in [9.17, 15) is 5.21 Å². The summed E-state index contributed by atoms with van der Waals surface area (Å²) < 4.78 is 0.843. The van der Waals surface area contributed by atoms with Crippen LogP contribution in [-0.2, 0) is 6.42 Å². The molecule has 0 aromatic carbocycles. The second-order valence-electron chi connectivity index (χ2n) is 4.28. The second kappa shape index (κ2) is 4.00. The maximum Gasteiger partial charge on any atom is 0.246 e. The summed E-state index contributed by atoms with van der Waals surface area (Å²) in [6, 6.07) is 0. The van der Waals surface area contributed by atoms with E-state index < -0.39 is 0 Å². The molecule has 0 radical (unpaired) electrons. The molecule has 7 heteroatoms. The van der Waals surface area contributed by atoms with Crippen molar-refractivity contribution in [3.63, 3.8) is 0 Å². The van der Waals surface area contributed by atoms with Crippen LogP contribution >= 0.6 is 0 Å². The van der Waals surface area contributed by atoms with Crippen molar-refractivity contribution in [3.8, 4) is 11.5 Å². The lowest BCUT2D eigenvalue weighted by Crippen LogP contribution is -2.21. The molecule has 90 valence electrons. The quantitative estimate of drug-likeness (QED) is 0.645. The molecule has 0 fully saturated rings. The van der Waals surface area contributed by atoms with E-state index in [1.807, 2.05) is 0 Å². The normalized spacial score (nSPS) is 11.2. The van der Waals surface area contributed by atoms with Gasteiger partial charge in [0.15, 0.2) is 11.5 Å². The van der Waals surface area contributed by atoms with Crippen molar-refractivity contribution in [1.29, 1.82) is 5.41 Å². The van der Waals surface area contributed by atoms with Crippen molar-refractivity contribution in [2.75, 3.05) is 5.73 Å². The van der Waals surface area contributed by atoms with Gasteiger partial charge in [-0.25, -0.2) is 4.98 Å². The molecule has 0 saturated carbocycles. The summed E-state index contributed by atoms with van der Waals surface area (Å²) in [6.07, 6.45) is 2.20. The van der Waals surface area contributed by atoms with Gasteiger partial charge in [0, 0.05) is 0 Å². The summed E-state index contributed by atoms with van der Waals surface area (Å²) in [5, 5.41) is 17.1. The van der Waals surface area contributed by atoms with Crippen LogP contribution in [0.5, 0.6) is 0 Å². The minimum absolute atomic E-state index is 0.105. The van der Waals surface area contributed by atoms with E-state index in [0.29, 0.717) is 17.3 Å². The van der Waals surface area contributed by atoms with E-state index in [0.717, 1.165) is 11.2 Å². The first-order valence-electron chi connectivity index (χ1n) is 5.27. The van der Waals surface area contributed by atoms with E-state index >= 15 is 0 Å². The van der Waals surface area contributed by atoms with Crippen molar-refractivity contribution in [1.82, 2.24) is 19.7 Å². The van der Waals surface area contributed by atoms with Crippen molar-refractivity contribution >= 4 is 5.82 Å². The number of hydrogen-bond donors (Lipinski definition) is 3. The number of nitrogens with one attached hydrogen (secondary N) is 1. The Morgan fingerprint density at radius 2 is 2.12 bits per heavy atom. The molecule has 0 saturated heterocycles. The van der Waals surface area contributed by atoms with Crippen molar-refractivity contribution in [2.45, 2.75) is 20.3 Å². The molecule has 0 bridgehead atoms. The highest BCUT2D eigenvalue weighted by molar-refractivity contribution is 5.63. The Balaban J connectivity index is 2.64. The van der Waals surface area contributed by atoms with Gasteiger partial charge in [-0.2, -0.15) is 14.7 Å². The summed E-state index contributed by atoms with van der Waals surface area (Å²) in [6.45, 7) is 4.11. The van der Waals surface area contributed by atoms with Gasteiger partial charge in [-0.05, 0) is 12.3 Å². The molecule has 0 amide bonds. The summed E-state index contributed by atoms with van der Waals surface area (Å²) >= 11 is 0. The highest BCUT2D eigenvalue weighted by Crippen LogP contribution is 2.20. The van der Waals surface area contributed by atoms with Crippen LogP contribution < -0.4 is 11.4 Å². The minimum Gasteiger partial charge on any atom is -0.427 e. The van der Waals surface area contributed by atoms with Gasteiger partial charge in [0.1, 0.15) is 0 Å². The molecule has 2 heterocycles. The number of nitrogens with two attached hydrogens (primary N) is 1. The van der Waals surface area contributed by atoms with E-state index in [1.54, 1.807) is 0 Å². The van der Waals surface area contributed by atoms with E-state index in [2.05, 4.69) is 28.8 Å². The Bertz CT molecular complexity index is 576. The third-order valence-corrected chi connectivity index (χ3v) is 2.25. The average Bonchev–Trinajstić information content (AvgIpc) is 2.19. The molecule has 0 aliphatic carbocycles. The maximum absolute atomic E-state index is 9.76. The predicted molar refractivity (Wildman–Crippen MR) is 60.4 cm³/mol. The van der Waals surface area contributed by atoms with Crippen LogP contribution in [-0.4, -0.2) is 24.9 Å². The van der Waals surface area contributed by atoms with Crippen LogP contribution in [0.3, 0.4) is 0 Å². The third kappa shape index (κ3) is 2.17. The van der Waals surface area contributed by atoms with Gasteiger partial charge in [0.2, 0.25) is 11.4 Å². The Morgan fingerprint density at radius 1 is 1.41 bits per heavy atom. The molecule has 0 aromatic heterocycles. The highest BCUT2D eigenvalue weighted by atomic mass is 16.5. The number of aromatic nitrogens is 4. The Labute approximate surface area is 97.8 Å². The molecule has 2 rings (SSSR count). The van der Waals surface area contributed by atoms with Crippen LogP contribution in [0.1, 0.15) is 19.5 Å². The van der Waals surface area contributed by atoms with Crippen molar-refractivity contribution in [3.05, 3.63) is 17.5 Å². The highest BCUT2D eigenvalue weighted by Gasteiger charge is 2.16. The Kier molecular flexibility index (Phi) is 2.66. The fraction of sp³-hybridized carbons (Fsp3) is 0.400. The molecule has 7 nitrogen and oxygen atoms in total. The molecule has 2 aliphatic heterocycles. The lowest BCUT2D eigenvalue weighted by Gasteiger charge is -2.12. The van der Waals surface area contributed by atoms with Gasteiger partial charge in [0.05, 0.1) is 11.9 Å². The topological polar surface area (TPSA) is 114 Å². The average molecular weight is 234 g/mol. The van der Waals surface area contributed by atoms with Crippen LogP contribution in [0.4, 0.5) is 5.82 Å². The fourth-order valence-electron chi connectivity index (χ4n) is 1.62. The van der Waals surface area contributed by atoms with Crippen molar-refractivity contribution in [2.24, 2.45) is 5.92 Å². The number of hydrogen-bond acceptors (Lipinski definition) is 6. The summed E-state index contributed by atoms with van der Waals surface area (Å²) in [5.74, 6) is 0.668. The summed E-state index contributed by atoms with van der Waals surface area (Å²) in [7, 11) is 0. The zero-order chi connectivity index (χ0) is 12.6. The minimum atomic E-state index is -0.240. The molecule has 17 heavy (non-hydrogen) atoms. The first kappa shape index (κ1) is 11.3. The number of rotatable bonds is 2. The van der Waals surface area contributed by atoms with Gasteiger partial charge < -0.3 is 10.9 Å². The van der Waals surface area contributed by atoms with Gasteiger partial charge in [-0.15, -0.1) is 0 Å². The third-order valence-electron chi connectivity index (χ3n) is 2.25. The Morgan fingerprint density at radius 3 is 2.76 bits per heavy atom. The zero-order valence-electron chi connectivity index (χ0n) is 9.68. The molecule has 4 N–H and O–H groups in total. The van der Waals surface area contributed by atoms with Crippen LogP contribution in [0.15, 0.2) is 6.20 Å². The maximum atomic E-state index is 9.76. The molecule has 0 atom stereocenters. The summed E-state index contributed by atoms with van der Waals surface area (Å²) in [4.78, 5) is 11.8. The first-order valence-corrected chi connectivity index (χ1v) is 5.27. The SMILES string of the molecule is CC(C)Cc1cn(O)c2nc(=N)nc(N)c-2n1. The monoisotopic (exact) mass is 234 g/mol. The van der Waals surface area contributed by atoms with Gasteiger partial charge in [-0.1, -0.05) is 13.8 Å². The molecular formula is C10H14N6O. The summed E-state index contributed by atoms with van der Waals surface area (Å²) in [5.41, 5.74) is 6.46. The molecule has 0 unspecified atom stereocenters. The van der Waals surface area contributed by atoms with Gasteiger partial charge in [-0.3, -0.25) is 5.41 Å². The van der Waals surface area contributed by atoms with E-state index in [-0.39, 0.29) is 17.3 Å². The second-order valence-corrected chi connectivity index (χ2v) is 4.28. The fourth-order valence-corrected chi connectivity index (χ4v) is 1.62. The Hall–Kier alpha value is -2.18. The lowest BCUT2D eigenvalue weighted by atomic mass is 10.1. The molecule has 0 aromatic rings. The molecular weight excluding hydrogens is 220 g/mol. The standard InChI is InChI=1S/C10H14N6O/c1-5(2)3-6-4-16(17)9-7(13-6)8(11)14-10(12)15-9/h4-5,17H,3H2,1-2H3,(H3,11,12,14). The molecule has 0 spiro atoms. The lowest BCUT2D eigenvalue weighted by molar-refractivity contribution is 0.183. The zero-order valence-corrected chi connectivity index (χ0v) is 9.68. The molecule has 2 aliphatic rings. The predicted octanol–water partition coefficient (Wildman–Crippen LogP) is 0.275. The van der Waals surface area contributed by atoms with Crippen LogP contribution in [0.25, 0.3) is 11.5 Å². The smallest absolute Gasteiger partial charge is 0.246 e. The van der Waals surface area contributed by atoms with Gasteiger partial charge >= 0.3 is 0 Å².